The van der Waals surface area contributed by atoms with Crippen LogP contribution in [0.5, 0.6) is 0 Å². The molecular formula is C42H25NO2S. The number of fused-ring (bicyclic) bond motifs is 10. The third kappa shape index (κ3) is 3.65. The Bertz CT molecular complexity index is 2710. The molecule has 3 heterocycles. The van der Waals surface area contributed by atoms with Crippen LogP contribution in [-0.2, 0) is 0 Å². The third-order valence-corrected chi connectivity index (χ3v) is 10.3. The molecule has 46 heavy (non-hydrogen) atoms. The van der Waals surface area contributed by atoms with Gasteiger partial charge in [-0.15, -0.1) is 11.3 Å². The van der Waals surface area contributed by atoms with Crippen molar-refractivity contribution in [2.24, 2.45) is 0 Å². The summed E-state index contributed by atoms with van der Waals surface area (Å²) in [4.78, 5) is 2.29. The maximum absolute atomic E-state index is 6.99. The van der Waals surface area contributed by atoms with Crippen molar-refractivity contribution in [2.75, 3.05) is 4.90 Å². The SMILES string of the molecule is c1ccc(N(c2ccccc2)c2ccc(-c3cccc4c3sc3ccccc34)c3c2oc2ccc4oc5ccccc5c4c23)cc1. The highest BCUT2D eigenvalue weighted by Gasteiger charge is 2.25. The highest BCUT2D eigenvalue weighted by Crippen LogP contribution is 2.50. The lowest BCUT2D eigenvalue weighted by molar-refractivity contribution is 0.663. The Morgan fingerprint density at radius 1 is 0.413 bits per heavy atom. The third-order valence-electron chi connectivity index (χ3n) is 9.07. The van der Waals surface area contributed by atoms with Gasteiger partial charge in [0.1, 0.15) is 16.7 Å². The topological polar surface area (TPSA) is 29.5 Å². The summed E-state index contributed by atoms with van der Waals surface area (Å²) in [6.45, 7) is 0. The summed E-state index contributed by atoms with van der Waals surface area (Å²) in [5.74, 6) is 0. The Morgan fingerprint density at radius 3 is 1.85 bits per heavy atom. The molecule has 3 aromatic heterocycles. The monoisotopic (exact) mass is 607 g/mol. The number of thiophene rings is 1. The first-order chi connectivity index (χ1) is 22.8. The molecule has 0 aliphatic rings. The Labute approximate surface area is 268 Å². The van der Waals surface area contributed by atoms with Gasteiger partial charge in [0.25, 0.3) is 0 Å². The second-order valence-corrected chi connectivity index (χ2v) is 12.7. The first kappa shape index (κ1) is 25.5. The van der Waals surface area contributed by atoms with Crippen molar-refractivity contribution in [2.45, 2.75) is 0 Å². The standard InChI is InChI=1S/C42H25NO2S/c1-3-12-26(13-4-1)43(27-14-5-2-6-15-27)33-23-22-29(31-19-11-18-30-28-16-8-10-21-37(28)46-42(30)31)39-40-36(45-41(33)39)25-24-35-38(40)32-17-7-9-20-34(32)44-35/h1-25H. The van der Waals surface area contributed by atoms with Crippen molar-refractivity contribution in [1.29, 1.82) is 0 Å². The Morgan fingerprint density at radius 2 is 1.07 bits per heavy atom. The second kappa shape index (κ2) is 9.83. The summed E-state index contributed by atoms with van der Waals surface area (Å²) < 4.78 is 16.0. The largest absolute Gasteiger partial charge is 0.456 e. The molecule has 0 saturated carbocycles. The van der Waals surface area contributed by atoms with Gasteiger partial charge in [-0.2, -0.15) is 0 Å². The first-order valence-corrected chi connectivity index (χ1v) is 16.3. The molecular weight excluding hydrogens is 583 g/mol. The summed E-state index contributed by atoms with van der Waals surface area (Å²) >= 11 is 1.85. The fourth-order valence-corrected chi connectivity index (χ4v) is 8.34. The molecule has 216 valence electrons. The lowest BCUT2D eigenvalue weighted by Crippen LogP contribution is -2.10. The summed E-state index contributed by atoms with van der Waals surface area (Å²) in [5.41, 5.74) is 8.87. The minimum atomic E-state index is 0.840. The molecule has 4 heteroatoms. The fourth-order valence-electron chi connectivity index (χ4n) is 7.11. The molecule has 0 N–H and O–H groups in total. The molecule has 0 atom stereocenters. The van der Waals surface area contributed by atoms with E-state index in [1.54, 1.807) is 0 Å². The first-order valence-electron chi connectivity index (χ1n) is 15.4. The molecule has 0 unspecified atom stereocenters. The van der Waals surface area contributed by atoms with Gasteiger partial charge in [0.2, 0.25) is 0 Å². The van der Waals surface area contributed by atoms with Gasteiger partial charge in [0.15, 0.2) is 5.58 Å². The van der Waals surface area contributed by atoms with E-state index in [9.17, 15) is 0 Å². The number of hydrogen-bond donors (Lipinski definition) is 0. The molecule has 0 radical (unpaired) electrons. The van der Waals surface area contributed by atoms with Crippen LogP contribution in [0, 0.1) is 0 Å². The van der Waals surface area contributed by atoms with Crippen LogP contribution in [0.2, 0.25) is 0 Å². The van der Waals surface area contributed by atoms with E-state index < -0.39 is 0 Å². The number of benzene rings is 7. The van der Waals surface area contributed by atoms with E-state index in [1.165, 1.54) is 25.7 Å². The highest BCUT2D eigenvalue weighted by molar-refractivity contribution is 7.26. The fraction of sp³-hybridized carbons (Fsp3) is 0. The predicted octanol–water partition coefficient (Wildman–Crippen LogP) is 13.0. The Balaban J connectivity index is 1.38. The Kier molecular flexibility index (Phi) is 5.45. The average Bonchev–Trinajstić information content (AvgIpc) is 3.81. The molecule has 3 nitrogen and oxygen atoms in total. The molecule has 0 amide bonds. The number of furan rings is 2. The van der Waals surface area contributed by atoms with Crippen molar-refractivity contribution in [3.05, 3.63) is 152 Å². The molecule has 10 rings (SSSR count). The molecule has 10 aromatic rings. The molecule has 0 bridgehead atoms. The number of hydrogen-bond acceptors (Lipinski definition) is 4. The number of anilines is 3. The van der Waals surface area contributed by atoms with Crippen molar-refractivity contribution >= 4 is 92.4 Å². The van der Waals surface area contributed by atoms with Crippen LogP contribution in [0.4, 0.5) is 17.1 Å². The number of rotatable bonds is 4. The van der Waals surface area contributed by atoms with Crippen molar-refractivity contribution in [3.63, 3.8) is 0 Å². The zero-order chi connectivity index (χ0) is 30.2. The summed E-state index contributed by atoms with van der Waals surface area (Å²) in [7, 11) is 0. The van der Waals surface area contributed by atoms with E-state index in [-0.39, 0.29) is 0 Å². The smallest absolute Gasteiger partial charge is 0.160 e. The average molecular weight is 608 g/mol. The lowest BCUT2D eigenvalue weighted by Gasteiger charge is -2.26. The van der Waals surface area contributed by atoms with E-state index in [2.05, 4.69) is 138 Å². The van der Waals surface area contributed by atoms with Gasteiger partial charge in [-0.1, -0.05) is 97.1 Å². The zero-order valence-electron chi connectivity index (χ0n) is 24.6. The van der Waals surface area contributed by atoms with Crippen molar-refractivity contribution in [3.8, 4) is 11.1 Å². The Hall–Kier alpha value is -5.84. The van der Waals surface area contributed by atoms with E-state index >= 15 is 0 Å². The number of para-hydroxylation sites is 3. The molecule has 0 saturated heterocycles. The van der Waals surface area contributed by atoms with Gasteiger partial charge in [0, 0.05) is 58.7 Å². The predicted molar refractivity (Wildman–Crippen MR) is 194 cm³/mol. The van der Waals surface area contributed by atoms with Crippen LogP contribution in [0.25, 0.3) is 75.2 Å². The van der Waals surface area contributed by atoms with E-state index in [1.807, 2.05) is 29.5 Å². The van der Waals surface area contributed by atoms with Crippen LogP contribution < -0.4 is 4.90 Å². The van der Waals surface area contributed by atoms with Gasteiger partial charge in [-0.25, -0.2) is 0 Å². The van der Waals surface area contributed by atoms with Crippen molar-refractivity contribution in [1.82, 2.24) is 0 Å². The lowest BCUT2D eigenvalue weighted by atomic mass is 9.95. The van der Waals surface area contributed by atoms with Gasteiger partial charge in [-0.3, -0.25) is 0 Å². The van der Waals surface area contributed by atoms with E-state index in [0.717, 1.165) is 66.5 Å². The van der Waals surface area contributed by atoms with Gasteiger partial charge in [0.05, 0.1) is 5.69 Å². The maximum Gasteiger partial charge on any atom is 0.160 e. The quantitative estimate of drug-likeness (QED) is 0.199. The zero-order valence-corrected chi connectivity index (χ0v) is 25.4. The van der Waals surface area contributed by atoms with Crippen LogP contribution in [-0.4, -0.2) is 0 Å². The van der Waals surface area contributed by atoms with Gasteiger partial charge >= 0.3 is 0 Å². The van der Waals surface area contributed by atoms with Crippen molar-refractivity contribution < 1.29 is 8.83 Å². The molecule has 0 aliphatic carbocycles. The van der Waals surface area contributed by atoms with Crippen LogP contribution in [0.15, 0.2) is 160 Å². The molecule has 0 fully saturated rings. The highest BCUT2D eigenvalue weighted by atomic mass is 32.1. The van der Waals surface area contributed by atoms with Crippen LogP contribution in [0.1, 0.15) is 0 Å². The maximum atomic E-state index is 6.99. The van der Waals surface area contributed by atoms with Crippen LogP contribution >= 0.6 is 11.3 Å². The summed E-state index contributed by atoms with van der Waals surface area (Å²) in [6.07, 6.45) is 0. The summed E-state index contributed by atoms with van der Waals surface area (Å²) in [6, 6.07) is 53.3. The molecule has 0 aliphatic heterocycles. The minimum Gasteiger partial charge on any atom is -0.456 e. The molecule has 7 aromatic carbocycles. The normalized spacial score (nSPS) is 11.9. The van der Waals surface area contributed by atoms with E-state index in [0.29, 0.717) is 0 Å². The van der Waals surface area contributed by atoms with Gasteiger partial charge < -0.3 is 13.7 Å². The van der Waals surface area contributed by atoms with Crippen LogP contribution in [0.3, 0.4) is 0 Å². The van der Waals surface area contributed by atoms with E-state index in [4.69, 9.17) is 8.83 Å². The number of nitrogens with zero attached hydrogens (tertiary/aromatic N) is 1. The summed E-state index contributed by atoms with van der Waals surface area (Å²) in [5, 5.41) is 6.90. The van der Waals surface area contributed by atoms with Gasteiger partial charge in [-0.05, 0) is 60.2 Å². The molecule has 0 spiro atoms. The minimum absolute atomic E-state index is 0.840. The second-order valence-electron chi connectivity index (χ2n) is 11.6.